The molecule has 3 nitrogen and oxygen atoms in total. The summed E-state index contributed by atoms with van der Waals surface area (Å²) in [7, 11) is 0. The molecule has 13 heavy (non-hydrogen) atoms. The van der Waals surface area contributed by atoms with Crippen LogP contribution in [-0.4, -0.2) is 15.5 Å². The minimum absolute atomic E-state index is 0.323. The summed E-state index contributed by atoms with van der Waals surface area (Å²) < 4.78 is 12.4. The van der Waals surface area contributed by atoms with Gasteiger partial charge in [-0.15, -0.1) is 6.42 Å². The lowest BCUT2D eigenvalue weighted by Crippen LogP contribution is -2.29. The summed E-state index contributed by atoms with van der Waals surface area (Å²) in [5.74, 6) is 2.37. The lowest BCUT2D eigenvalue weighted by atomic mass is 10.1. The van der Waals surface area contributed by atoms with Gasteiger partial charge in [-0.05, 0) is 13.8 Å². The number of halogens is 1. The fraction of sp³-hybridized carbons (Fsp3) is 0.333. The van der Waals surface area contributed by atoms with Crippen molar-refractivity contribution in [1.29, 1.82) is 0 Å². The second-order valence-corrected chi connectivity index (χ2v) is 3.12. The Morgan fingerprint density at radius 3 is 2.46 bits per heavy atom. The summed E-state index contributed by atoms with van der Waals surface area (Å²) in [5.41, 5.74) is -0.530. The van der Waals surface area contributed by atoms with Crippen LogP contribution >= 0.6 is 0 Å². The van der Waals surface area contributed by atoms with Crippen molar-refractivity contribution in [2.24, 2.45) is 0 Å². The Morgan fingerprint density at radius 1 is 1.46 bits per heavy atom. The van der Waals surface area contributed by atoms with E-state index in [0.29, 0.717) is 5.95 Å². The van der Waals surface area contributed by atoms with E-state index >= 15 is 0 Å². The minimum atomic E-state index is -0.530. The molecule has 0 atom stereocenters. The van der Waals surface area contributed by atoms with Gasteiger partial charge in [-0.2, -0.15) is 0 Å². The van der Waals surface area contributed by atoms with Crippen LogP contribution in [0.3, 0.4) is 0 Å². The molecule has 1 aromatic rings. The van der Waals surface area contributed by atoms with Crippen LogP contribution in [0.5, 0.6) is 0 Å². The van der Waals surface area contributed by atoms with Crippen molar-refractivity contribution in [2.75, 3.05) is 5.32 Å². The summed E-state index contributed by atoms with van der Waals surface area (Å²) in [5, 5.41) is 2.87. The van der Waals surface area contributed by atoms with Crippen LogP contribution < -0.4 is 5.32 Å². The number of terminal acetylenes is 1. The molecule has 0 bridgehead atoms. The van der Waals surface area contributed by atoms with E-state index in [4.69, 9.17) is 6.42 Å². The van der Waals surface area contributed by atoms with Gasteiger partial charge >= 0.3 is 0 Å². The quantitative estimate of drug-likeness (QED) is 0.698. The predicted octanol–water partition coefficient (Wildman–Crippen LogP) is 1.44. The van der Waals surface area contributed by atoms with Gasteiger partial charge in [-0.3, -0.25) is 0 Å². The van der Waals surface area contributed by atoms with Gasteiger partial charge in [0.1, 0.15) is 0 Å². The Kier molecular flexibility index (Phi) is 2.47. The lowest BCUT2D eigenvalue weighted by Gasteiger charge is -2.18. The summed E-state index contributed by atoms with van der Waals surface area (Å²) in [6, 6.07) is 0. The van der Waals surface area contributed by atoms with E-state index in [1.807, 2.05) is 0 Å². The van der Waals surface area contributed by atoms with Crippen molar-refractivity contribution in [3.63, 3.8) is 0 Å². The molecule has 0 saturated heterocycles. The van der Waals surface area contributed by atoms with Gasteiger partial charge in [-0.25, -0.2) is 14.4 Å². The van der Waals surface area contributed by atoms with E-state index in [9.17, 15) is 4.39 Å². The number of rotatable bonds is 2. The molecule has 0 saturated carbocycles. The molecule has 0 spiro atoms. The van der Waals surface area contributed by atoms with Gasteiger partial charge in [-0.1, -0.05) is 5.92 Å². The van der Waals surface area contributed by atoms with Crippen LogP contribution in [0.25, 0.3) is 0 Å². The molecule has 68 valence electrons. The third kappa shape index (κ3) is 2.71. The van der Waals surface area contributed by atoms with E-state index in [1.165, 1.54) is 0 Å². The first kappa shape index (κ1) is 9.46. The first-order valence-electron chi connectivity index (χ1n) is 3.77. The Labute approximate surface area is 76.4 Å². The zero-order chi connectivity index (χ0) is 9.90. The zero-order valence-electron chi connectivity index (χ0n) is 7.50. The fourth-order valence-electron chi connectivity index (χ4n) is 0.692. The molecular weight excluding hydrogens is 169 g/mol. The van der Waals surface area contributed by atoms with E-state index in [2.05, 4.69) is 21.2 Å². The molecule has 1 heterocycles. The standard InChI is InChI=1S/C9H10FN3/c1-4-9(2,3)13-8-11-5-7(10)6-12-8/h1,5-6H,2-3H3,(H,11,12,13). The number of hydrogen-bond donors (Lipinski definition) is 1. The van der Waals surface area contributed by atoms with E-state index in [0.717, 1.165) is 12.4 Å². The molecule has 4 heteroatoms. The third-order valence-corrected chi connectivity index (χ3v) is 1.41. The molecule has 0 radical (unpaired) electrons. The average Bonchev–Trinajstić information content (AvgIpc) is 2.09. The molecule has 0 fully saturated rings. The molecule has 0 aliphatic rings. The zero-order valence-corrected chi connectivity index (χ0v) is 7.50. The highest BCUT2D eigenvalue weighted by atomic mass is 19.1. The summed E-state index contributed by atoms with van der Waals surface area (Å²) in [4.78, 5) is 7.44. The summed E-state index contributed by atoms with van der Waals surface area (Å²) in [6.07, 6.45) is 7.41. The van der Waals surface area contributed by atoms with Crippen LogP contribution in [0.2, 0.25) is 0 Å². The van der Waals surface area contributed by atoms with Crippen LogP contribution in [0.1, 0.15) is 13.8 Å². The summed E-state index contributed by atoms with van der Waals surface area (Å²) >= 11 is 0. The number of hydrogen-bond acceptors (Lipinski definition) is 3. The second-order valence-electron chi connectivity index (χ2n) is 3.12. The van der Waals surface area contributed by atoms with Crippen LogP contribution in [0.15, 0.2) is 12.4 Å². The molecule has 0 aliphatic carbocycles. The normalized spacial score (nSPS) is 10.6. The maximum atomic E-state index is 12.4. The first-order valence-corrected chi connectivity index (χ1v) is 3.77. The van der Waals surface area contributed by atoms with Gasteiger partial charge in [0.15, 0.2) is 5.82 Å². The smallest absolute Gasteiger partial charge is 0.223 e. The van der Waals surface area contributed by atoms with E-state index in [-0.39, 0.29) is 0 Å². The molecule has 0 unspecified atom stereocenters. The van der Waals surface area contributed by atoms with Gasteiger partial charge in [0.2, 0.25) is 5.95 Å². The Balaban J connectivity index is 2.77. The predicted molar refractivity (Wildman–Crippen MR) is 48.5 cm³/mol. The van der Waals surface area contributed by atoms with Crippen molar-refractivity contribution < 1.29 is 4.39 Å². The topological polar surface area (TPSA) is 37.8 Å². The fourth-order valence-corrected chi connectivity index (χ4v) is 0.692. The maximum Gasteiger partial charge on any atom is 0.223 e. The molecule has 1 N–H and O–H groups in total. The molecule has 0 aromatic carbocycles. The maximum absolute atomic E-state index is 12.4. The average molecular weight is 179 g/mol. The van der Waals surface area contributed by atoms with Gasteiger partial charge in [0.05, 0.1) is 17.9 Å². The number of nitrogens with zero attached hydrogens (tertiary/aromatic N) is 2. The van der Waals surface area contributed by atoms with Crippen LogP contribution in [0.4, 0.5) is 10.3 Å². The highest BCUT2D eigenvalue weighted by Crippen LogP contribution is 2.08. The van der Waals surface area contributed by atoms with Crippen molar-refractivity contribution in [2.45, 2.75) is 19.4 Å². The van der Waals surface area contributed by atoms with Crippen molar-refractivity contribution in [3.05, 3.63) is 18.2 Å². The second kappa shape index (κ2) is 3.40. The summed E-state index contributed by atoms with van der Waals surface area (Å²) in [6.45, 7) is 3.61. The molecule has 0 aliphatic heterocycles. The minimum Gasteiger partial charge on any atom is -0.338 e. The van der Waals surface area contributed by atoms with E-state index < -0.39 is 11.4 Å². The molecule has 0 amide bonds. The number of aromatic nitrogens is 2. The molecule has 1 aromatic heterocycles. The molecular formula is C9H10FN3. The molecule has 1 rings (SSSR count). The van der Waals surface area contributed by atoms with Crippen molar-refractivity contribution >= 4 is 5.95 Å². The third-order valence-electron chi connectivity index (χ3n) is 1.41. The Morgan fingerprint density at radius 2 is 2.00 bits per heavy atom. The van der Waals surface area contributed by atoms with Gasteiger partial charge < -0.3 is 5.32 Å². The lowest BCUT2D eigenvalue weighted by molar-refractivity contribution is 0.612. The van der Waals surface area contributed by atoms with Crippen LogP contribution in [-0.2, 0) is 0 Å². The van der Waals surface area contributed by atoms with Gasteiger partial charge in [0, 0.05) is 0 Å². The van der Waals surface area contributed by atoms with E-state index in [1.54, 1.807) is 13.8 Å². The van der Waals surface area contributed by atoms with Gasteiger partial charge in [0.25, 0.3) is 0 Å². The highest BCUT2D eigenvalue weighted by molar-refractivity contribution is 5.32. The monoisotopic (exact) mass is 179 g/mol. The Hall–Kier alpha value is -1.63. The van der Waals surface area contributed by atoms with Crippen molar-refractivity contribution in [3.8, 4) is 12.3 Å². The SMILES string of the molecule is C#CC(C)(C)Nc1ncc(F)cn1. The highest BCUT2D eigenvalue weighted by Gasteiger charge is 2.14. The van der Waals surface area contributed by atoms with Crippen LogP contribution in [0, 0.1) is 18.2 Å². The number of nitrogens with one attached hydrogen (secondary N) is 1. The Bertz CT molecular complexity index is 324. The number of anilines is 1. The first-order chi connectivity index (χ1) is 6.03. The largest absolute Gasteiger partial charge is 0.338 e. The van der Waals surface area contributed by atoms with Crippen molar-refractivity contribution in [1.82, 2.24) is 9.97 Å².